The number of rotatable bonds is 7. The smallest absolute Gasteiger partial charge is 0.0262 e. The summed E-state index contributed by atoms with van der Waals surface area (Å²) in [6.07, 6.45) is 2.54. The van der Waals surface area contributed by atoms with E-state index in [9.17, 15) is 0 Å². The van der Waals surface area contributed by atoms with Crippen molar-refractivity contribution in [1.82, 2.24) is 0 Å². The van der Waals surface area contributed by atoms with Crippen molar-refractivity contribution >= 4 is 0 Å². The molecule has 0 aromatic carbocycles. The van der Waals surface area contributed by atoms with E-state index in [1.165, 1.54) is 12.8 Å². The third-order valence-corrected chi connectivity index (χ3v) is 7.65. The fraction of sp³-hybridized carbons (Fsp3) is 1.00. The van der Waals surface area contributed by atoms with Crippen molar-refractivity contribution in [2.45, 2.75) is 103 Å². The Morgan fingerprint density at radius 2 is 1.14 bits per heavy atom. The monoisotopic (exact) mass is 310 g/mol. The molecule has 0 rings (SSSR count). The van der Waals surface area contributed by atoms with Crippen LogP contribution < -0.4 is 0 Å². The highest BCUT2D eigenvalue weighted by Gasteiger charge is 2.50. The minimum absolute atomic E-state index is 0.324. The zero-order valence-corrected chi connectivity index (χ0v) is 18.1. The van der Waals surface area contributed by atoms with E-state index < -0.39 is 0 Å². The Hall–Kier alpha value is 0. The van der Waals surface area contributed by atoms with E-state index in [0.29, 0.717) is 27.6 Å². The molecule has 0 aliphatic carbocycles. The minimum Gasteiger partial charge on any atom is -0.0649 e. The molecule has 0 fully saturated rings. The van der Waals surface area contributed by atoms with Crippen LogP contribution in [0.25, 0.3) is 0 Å². The predicted molar refractivity (Wildman–Crippen MR) is 103 cm³/mol. The van der Waals surface area contributed by atoms with E-state index >= 15 is 0 Å². The van der Waals surface area contributed by atoms with Gasteiger partial charge in [0.25, 0.3) is 0 Å². The molecular formula is C22H46. The largest absolute Gasteiger partial charge is 0.0649 e. The fourth-order valence-electron chi connectivity index (χ4n) is 4.48. The Morgan fingerprint density at radius 1 is 0.727 bits per heavy atom. The number of hydrogen-bond donors (Lipinski definition) is 0. The van der Waals surface area contributed by atoms with Gasteiger partial charge < -0.3 is 0 Å². The van der Waals surface area contributed by atoms with Crippen molar-refractivity contribution < 1.29 is 0 Å². The Morgan fingerprint density at radius 3 is 1.41 bits per heavy atom. The predicted octanol–water partition coefficient (Wildman–Crippen LogP) is 7.82. The molecule has 3 unspecified atom stereocenters. The van der Waals surface area contributed by atoms with E-state index in [1.807, 2.05) is 0 Å². The highest BCUT2D eigenvalue weighted by Crippen LogP contribution is 2.58. The molecule has 22 heavy (non-hydrogen) atoms. The molecule has 0 aliphatic rings. The molecule has 0 aromatic rings. The van der Waals surface area contributed by atoms with Crippen molar-refractivity contribution in [2.24, 2.45) is 39.4 Å². The van der Waals surface area contributed by atoms with Crippen LogP contribution in [0.1, 0.15) is 103 Å². The van der Waals surface area contributed by atoms with Crippen LogP contribution in [0.4, 0.5) is 0 Å². The van der Waals surface area contributed by atoms with Crippen molar-refractivity contribution in [3.8, 4) is 0 Å². The van der Waals surface area contributed by atoms with E-state index in [1.54, 1.807) is 0 Å². The van der Waals surface area contributed by atoms with E-state index in [-0.39, 0.29) is 0 Å². The van der Waals surface area contributed by atoms with Gasteiger partial charge in [0.1, 0.15) is 0 Å². The molecule has 0 saturated heterocycles. The van der Waals surface area contributed by atoms with Gasteiger partial charge in [-0.05, 0) is 45.8 Å². The van der Waals surface area contributed by atoms with Crippen molar-refractivity contribution in [1.29, 1.82) is 0 Å². The Bertz CT molecular complexity index is 340. The summed E-state index contributed by atoms with van der Waals surface area (Å²) in [5, 5.41) is 0. The molecule has 0 N–H and O–H groups in total. The zero-order valence-electron chi connectivity index (χ0n) is 18.1. The maximum Gasteiger partial charge on any atom is -0.0262 e. The molecule has 0 bridgehead atoms. The summed E-state index contributed by atoms with van der Waals surface area (Å²) in [6.45, 7) is 31.9. The lowest BCUT2D eigenvalue weighted by atomic mass is 9.48. The normalized spacial score (nSPS) is 19.9. The quantitative estimate of drug-likeness (QED) is 0.449. The van der Waals surface area contributed by atoms with Gasteiger partial charge in [-0.1, -0.05) is 96.4 Å². The summed E-state index contributed by atoms with van der Waals surface area (Å²) in [6, 6.07) is 0. The number of hydrogen-bond acceptors (Lipinski definition) is 0. The second kappa shape index (κ2) is 6.86. The van der Waals surface area contributed by atoms with Gasteiger partial charge in [0.05, 0.1) is 0 Å². The molecule has 0 heteroatoms. The first-order chi connectivity index (χ1) is 9.53. The molecule has 0 radical (unpaired) electrons. The maximum absolute atomic E-state index is 2.57. The third kappa shape index (κ3) is 4.51. The first kappa shape index (κ1) is 22.0. The van der Waals surface area contributed by atoms with Gasteiger partial charge >= 0.3 is 0 Å². The maximum atomic E-state index is 2.57. The molecule has 3 atom stereocenters. The Balaban J connectivity index is 5.89. The van der Waals surface area contributed by atoms with Crippen molar-refractivity contribution in [3.63, 3.8) is 0 Å². The lowest BCUT2D eigenvalue weighted by molar-refractivity contribution is -0.0755. The molecule has 134 valence electrons. The van der Waals surface area contributed by atoms with E-state index in [4.69, 9.17) is 0 Å². The minimum atomic E-state index is 0.324. The molecule has 0 spiro atoms. The summed E-state index contributed by atoms with van der Waals surface area (Å²) < 4.78 is 0. The second-order valence-corrected chi connectivity index (χ2v) is 11.0. The zero-order chi connectivity index (χ0) is 18.1. The first-order valence-corrected chi connectivity index (χ1v) is 9.53. The highest BCUT2D eigenvalue weighted by atomic mass is 14.6. The topological polar surface area (TPSA) is 0 Å². The molecule has 0 amide bonds. The summed E-state index contributed by atoms with van der Waals surface area (Å²) in [5.74, 6) is 2.15. The molecule has 0 nitrogen and oxygen atoms in total. The van der Waals surface area contributed by atoms with Gasteiger partial charge in [0.2, 0.25) is 0 Å². The van der Waals surface area contributed by atoms with Crippen LogP contribution in [0.5, 0.6) is 0 Å². The van der Waals surface area contributed by atoms with Crippen LogP contribution in [0.3, 0.4) is 0 Å². The molecule has 0 heterocycles. The Kier molecular flexibility index (Phi) is 6.86. The van der Waals surface area contributed by atoms with Crippen LogP contribution >= 0.6 is 0 Å². The van der Waals surface area contributed by atoms with Gasteiger partial charge in [-0.3, -0.25) is 0 Å². The van der Waals surface area contributed by atoms with Crippen LogP contribution in [0.15, 0.2) is 0 Å². The third-order valence-electron chi connectivity index (χ3n) is 7.65. The van der Waals surface area contributed by atoms with Gasteiger partial charge in [-0.25, -0.2) is 0 Å². The van der Waals surface area contributed by atoms with Gasteiger partial charge in [0.15, 0.2) is 0 Å². The van der Waals surface area contributed by atoms with Crippen molar-refractivity contribution in [2.75, 3.05) is 0 Å². The van der Waals surface area contributed by atoms with Gasteiger partial charge in [-0.2, -0.15) is 0 Å². The lowest BCUT2D eigenvalue weighted by Crippen LogP contribution is -2.49. The fourth-order valence-corrected chi connectivity index (χ4v) is 4.48. The van der Waals surface area contributed by atoms with Crippen molar-refractivity contribution in [3.05, 3.63) is 0 Å². The second-order valence-electron chi connectivity index (χ2n) is 11.0. The average molecular weight is 311 g/mol. The average Bonchev–Trinajstić information content (AvgIpc) is 2.34. The van der Waals surface area contributed by atoms with Crippen LogP contribution in [0, 0.1) is 39.4 Å². The van der Waals surface area contributed by atoms with E-state index in [0.717, 1.165) is 11.8 Å². The van der Waals surface area contributed by atoms with E-state index in [2.05, 4.69) is 90.0 Å². The standard InChI is InChI=1S/C22H46/c1-14-20(9,10)21(11,12)18(5)22(13,15-19(6,7)8)17(4)16(2)3/h16-18H,14-15H2,1-13H3. The lowest BCUT2D eigenvalue weighted by Gasteiger charge is -2.56. The summed E-state index contributed by atoms with van der Waals surface area (Å²) in [5.41, 5.74) is 1.42. The van der Waals surface area contributed by atoms with Crippen LogP contribution in [-0.4, -0.2) is 0 Å². The van der Waals surface area contributed by atoms with Gasteiger partial charge in [-0.15, -0.1) is 0 Å². The molecule has 0 saturated carbocycles. The molecule has 0 aromatic heterocycles. The van der Waals surface area contributed by atoms with Crippen LogP contribution in [-0.2, 0) is 0 Å². The molecular weight excluding hydrogens is 264 g/mol. The highest BCUT2D eigenvalue weighted by molar-refractivity contribution is 4.99. The SMILES string of the molecule is CCC(C)(C)C(C)(C)C(C)C(C)(CC(C)(C)C)C(C)C(C)C. The summed E-state index contributed by atoms with van der Waals surface area (Å²) >= 11 is 0. The summed E-state index contributed by atoms with van der Waals surface area (Å²) in [4.78, 5) is 0. The van der Waals surface area contributed by atoms with Gasteiger partial charge in [0, 0.05) is 0 Å². The Labute approximate surface area is 142 Å². The van der Waals surface area contributed by atoms with Crippen LogP contribution in [0.2, 0.25) is 0 Å². The summed E-state index contributed by atoms with van der Waals surface area (Å²) in [7, 11) is 0. The first-order valence-electron chi connectivity index (χ1n) is 9.53. The molecule has 0 aliphatic heterocycles.